The summed E-state index contributed by atoms with van der Waals surface area (Å²) in [6, 6.07) is 194. The summed E-state index contributed by atoms with van der Waals surface area (Å²) in [6.45, 7) is 0. The molecular formula is C141H91N9. The van der Waals surface area contributed by atoms with E-state index >= 15 is 0 Å². The number of rotatable bonds is 16. The van der Waals surface area contributed by atoms with E-state index in [4.69, 9.17) is 44.9 Å². The van der Waals surface area contributed by atoms with E-state index < -0.39 is 0 Å². The summed E-state index contributed by atoms with van der Waals surface area (Å²) >= 11 is 0. The van der Waals surface area contributed by atoms with Gasteiger partial charge in [-0.1, -0.05) is 516 Å². The quantitative estimate of drug-likeness (QED) is 0.0872. The predicted molar refractivity (Wildman–Crippen MR) is 624 cm³/mol. The molecule has 0 unspecified atom stereocenters. The van der Waals surface area contributed by atoms with Gasteiger partial charge in [0.05, 0.1) is 0 Å². The lowest BCUT2D eigenvalue weighted by Gasteiger charge is -2.18. The second kappa shape index (κ2) is 39.9. The molecule has 25 aromatic carbocycles. The predicted octanol–water partition coefficient (Wildman–Crippen LogP) is 36.7. The first kappa shape index (κ1) is 89.9. The first-order valence-electron chi connectivity index (χ1n) is 50.7. The number of hydrogen-bond donors (Lipinski definition) is 0. The standard InChI is InChI=1S/C51H33N3.2C45H29N3/c1-3-13-34(14-4-1)41-29-30-45-47(32-41)44-21-10-9-19-42(44)33-48(45)51-53-49(52-50(54-51)46-22-12-11-20-43(46)37-16-5-2-6-17-37)38-26-23-36(24-27-38)40-28-25-35-15-7-8-18-39(35)31-40;1-3-14-32(15-4-1)41-39-21-11-9-19-37(39)38-20-10-12-22-40(38)42(41)45-47-43(33-16-5-2-6-17-33)46-44(48-45)34-26-23-31(24-27-34)36-28-25-30-13-7-8-18-35(30)29-36;1-2-13-32(14-3-1)37-17-8-11-21-41(37)44-46-43(33-25-22-31(23-26-33)35-27-24-30-12-4-5-15-34(30)28-35)47-45(48-44)42-29-36-16-6-7-18-38(36)39-19-9-10-20-40(39)42/h1-33H;2*1-29H. The third kappa shape index (κ3) is 17.8. The maximum Gasteiger partial charge on any atom is 0.165 e. The summed E-state index contributed by atoms with van der Waals surface area (Å²) in [5.41, 5.74) is 24.6. The van der Waals surface area contributed by atoms with Crippen molar-refractivity contribution in [3.63, 3.8) is 0 Å². The van der Waals surface area contributed by atoms with Crippen LogP contribution in [0.5, 0.6) is 0 Å². The van der Waals surface area contributed by atoms with Gasteiger partial charge in [0.1, 0.15) is 0 Å². The lowest BCUT2D eigenvalue weighted by molar-refractivity contribution is 1.08. The monoisotopic (exact) mass is 1910 g/mol. The zero-order chi connectivity index (χ0) is 99.6. The van der Waals surface area contributed by atoms with Gasteiger partial charge in [-0.05, 0) is 206 Å². The van der Waals surface area contributed by atoms with E-state index in [1.807, 2.05) is 30.3 Å². The molecule has 0 amide bonds. The Hall–Kier alpha value is -20.1. The summed E-state index contributed by atoms with van der Waals surface area (Å²) in [5.74, 6) is 5.77. The lowest BCUT2D eigenvalue weighted by Crippen LogP contribution is -2.02. The fourth-order valence-electron chi connectivity index (χ4n) is 21.1. The van der Waals surface area contributed by atoms with Gasteiger partial charge in [-0.25, -0.2) is 44.9 Å². The first-order valence-corrected chi connectivity index (χ1v) is 50.7. The van der Waals surface area contributed by atoms with Crippen LogP contribution in [0.3, 0.4) is 0 Å². The van der Waals surface area contributed by atoms with E-state index in [2.05, 4.69) is 522 Å². The topological polar surface area (TPSA) is 116 Å². The van der Waals surface area contributed by atoms with Crippen molar-refractivity contribution in [3.05, 3.63) is 552 Å². The van der Waals surface area contributed by atoms with Crippen LogP contribution in [0.15, 0.2) is 552 Å². The maximum atomic E-state index is 5.29. The van der Waals surface area contributed by atoms with E-state index in [0.717, 1.165) is 132 Å². The van der Waals surface area contributed by atoms with E-state index in [1.165, 1.54) is 92.5 Å². The highest BCUT2D eigenvalue weighted by Gasteiger charge is 2.26. The second-order valence-corrected chi connectivity index (χ2v) is 37.7. The number of aromatic nitrogens is 9. The molecule has 700 valence electrons. The highest BCUT2D eigenvalue weighted by Crippen LogP contribution is 2.47. The zero-order valence-electron chi connectivity index (χ0n) is 81.6. The molecule has 0 saturated heterocycles. The van der Waals surface area contributed by atoms with Crippen molar-refractivity contribution in [2.75, 3.05) is 0 Å². The van der Waals surface area contributed by atoms with Gasteiger partial charge in [-0.3, -0.25) is 0 Å². The Balaban J connectivity index is 0.000000114. The molecule has 150 heavy (non-hydrogen) atoms. The Morgan fingerprint density at radius 1 is 0.0867 bits per heavy atom. The van der Waals surface area contributed by atoms with Gasteiger partial charge >= 0.3 is 0 Å². The van der Waals surface area contributed by atoms with Gasteiger partial charge in [0, 0.05) is 55.6 Å². The normalized spacial score (nSPS) is 11.3. The molecule has 0 aliphatic heterocycles. The van der Waals surface area contributed by atoms with Crippen LogP contribution in [0, 0.1) is 0 Å². The summed E-state index contributed by atoms with van der Waals surface area (Å²) < 4.78 is 0. The van der Waals surface area contributed by atoms with Gasteiger partial charge in [0.25, 0.3) is 0 Å². The van der Waals surface area contributed by atoms with E-state index in [0.29, 0.717) is 52.4 Å². The Bertz CT molecular complexity index is 9870. The van der Waals surface area contributed by atoms with Crippen molar-refractivity contribution in [1.29, 1.82) is 0 Å². The molecule has 28 aromatic rings. The van der Waals surface area contributed by atoms with Crippen LogP contribution >= 0.6 is 0 Å². The van der Waals surface area contributed by atoms with Crippen LogP contribution in [-0.2, 0) is 0 Å². The molecule has 9 heteroatoms. The number of nitrogens with zero attached hydrogens (tertiary/aromatic N) is 9. The highest BCUT2D eigenvalue weighted by atomic mass is 15.1. The molecule has 0 bridgehead atoms. The van der Waals surface area contributed by atoms with Crippen LogP contribution in [-0.4, -0.2) is 44.9 Å². The van der Waals surface area contributed by atoms with Gasteiger partial charge in [-0.15, -0.1) is 0 Å². The Morgan fingerprint density at radius 3 is 0.713 bits per heavy atom. The van der Waals surface area contributed by atoms with Gasteiger partial charge in [0.2, 0.25) is 0 Å². The van der Waals surface area contributed by atoms with Crippen LogP contribution in [0.25, 0.3) is 277 Å². The minimum absolute atomic E-state index is 0.630. The zero-order valence-corrected chi connectivity index (χ0v) is 81.6. The molecule has 0 saturated carbocycles. The molecule has 3 aromatic heterocycles. The maximum absolute atomic E-state index is 5.29. The van der Waals surface area contributed by atoms with Gasteiger partial charge in [0.15, 0.2) is 52.4 Å². The summed E-state index contributed by atoms with van der Waals surface area (Å²) in [7, 11) is 0. The minimum Gasteiger partial charge on any atom is -0.208 e. The highest BCUT2D eigenvalue weighted by molar-refractivity contribution is 6.22. The molecule has 0 aliphatic rings. The molecule has 0 atom stereocenters. The molecular weight excluding hydrogens is 1820 g/mol. The number of benzene rings is 25. The van der Waals surface area contributed by atoms with Gasteiger partial charge in [-0.2, -0.15) is 0 Å². The van der Waals surface area contributed by atoms with E-state index in [1.54, 1.807) is 0 Å². The molecule has 9 nitrogen and oxygen atoms in total. The van der Waals surface area contributed by atoms with Crippen molar-refractivity contribution >= 4 is 97.0 Å². The molecule has 28 rings (SSSR count). The average molecular weight is 1910 g/mol. The fourth-order valence-corrected chi connectivity index (χ4v) is 21.1. The second-order valence-electron chi connectivity index (χ2n) is 37.7. The first-order chi connectivity index (χ1) is 74.3. The number of hydrogen-bond acceptors (Lipinski definition) is 9. The van der Waals surface area contributed by atoms with Crippen LogP contribution in [0.2, 0.25) is 0 Å². The van der Waals surface area contributed by atoms with Crippen LogP contribution < -0.4 is 0 Å². The molecule has 3 heterocycles. The lowest BCUT2D eigenvalue weighted by atomic mass is 9.87. The average Bonchev–Trinajstić information content (AvgIpc) is 0.730. The smallest absolute Gasteiger partial charge is 0.165 e. The Labute approximate surface area is 868 Å². The summed E-state index contributed by atoms with van der Waals surface area (Å²) in [6.07, 6.45) is 0. The SMILES string of the molecule is c1ccc(-c2ccc3c(-c4nc(-c5ccc(-c6ccc7ccccc7c6)cc5)nc(-c5ccccc5-c5ccccc5)n4)cc4ccccc4c3c2)cc1.c1ccc(-c2ccccc2-c2nc(-c3ccc(-c4ccc5ccccc5c4)cc3)nc(-c3cc4ccccc4c4ccccc34)n2)cc1.c1ccc(-c2nc(-c3ccc(-c4ccc5ccccc5c4)cc3)nc(-c3c(-c4ccccc4)c4ccccc4c4ccccc34)n2)cc1. The van der Waals surface area contributed by atoms with E-state index in [9.17, 15) is 0 Å². The molecule has 0 fully saturated rings. The number of fused-ring (bicyclic) bond motifs is 12. The molecule has 0 spiro atoms. The van der Waals surface area contributed by atoms with Crippen LogP contribution in [0.4, 0.5) is 0 Å². The van der Waals surface area contributed by atoms with E-state index in [-0.39, 0.29) is 0 Å². The summed E-state index contributed by atoms with van der Waals surface area (Å²) in [4.78, 5) is 46.8. The Morgan fingerprint density at radius 2 is 0.313 bits per heavy atom. The molecule has 0 aliphatic carbocycles. The summed E-state index contributed by atoms with van der Waals surface area (Å²) in [5, 5.41) is 21.3. The van der Waals surface area contributed by atoms with Crippen molar-refractivity contribution in [3.8, 4) is 180 Å². The fraction of sp³-hybridized carbons (Fsp3) is 0. The van der Waals surface area contributed by atoms with Crippen molar-refractivity contribution in [2.45, 2.75) is 0 Å². The third-order valence-corrected chi connectivity index (χ3v) is 28.6. The largest absolute Gasteiger partial charge is 0.208 e. The van der Waals surface area contributed by atoms with Gasteiger partial charge < -0.3 is 0 Å². The molecule has 0 radical (unpaired) electrons. The van der Waals surface area contributed by atoms with Crippen molar-refractivity contribution < 1.29 is 0 Å². The van der Waals surface area contributed by atoms with Crippen LogP contribution in [0.1, 0.15) is 0 Å². The Kier molecular flexibility index (Phi) is 23.9. The van der Waals surface area contributed by atoms with Crippen molar-refractivity contribution in [2.24, 2.45) is 0 Å². The minimum atomic E-state index is 0.630. The molecule has 0 N–H and O–H groups in total. The van der Waals surface area contributed by atoms with Crippen molar-refractivity contribution in [1.82, 2.24) is 44.9 Å². The third-order valence-electron chi connectivity index (χ3n) is 28.6.